The maximum atomic E-state index is 15.2. The molecule has 39 heavy (non-hydrogen) atoms. The van der Waals surface area contributed by atoms with E-state index >= 15 is 8.78 Å². The zero-order valence-corrected chi connectivity index (χ0v) is 22.2. The summed E-state index contributed by atoms with van der Waals surface area (Å²) in [5.41, 5.74) is 3.61. The smallest absolute Gasteiger partial charge is 0.329 e. The van der Waals surface area contributed by atoms with Crippen LogP contribution < -0.4 is 19.3 Å². The number of ether oxygens (including phenoxy) is 2. The summed E-state index contributed by atoms with van der Waals surface area (Å²) < 4.78 is 40.6. The summed E-state index contributed by atoms with van der Waals surface area (Å²) in [5.74, 6) is -1.69. The molecule has 0 N–H and O–H groups in total. The molecule has 1 aliphatic heterocycles. The minimum absolute atomic E-state index is 0.0634. The molecular weight excluding hydrogens is 502 g/mol. The number of anilines is 2. The van der Waals surface area contributed by atoms with Crippen molar-refractivity contribution in [2.24, 2.45) is 11.8 Å². The van der Waals surface area contributed by atoms with Gasteiger partial charge in [0.1, 0.15) is 5.69 Å². The molecule has 9 heteroatoms. The highest BCUT2D eigenvalue weighted by Crippen LogP contribution is 2.41. The van der Waals surface area contributed by atoms with Gasteiger partial charge < -0.3 is 9.47 Å². The second kappa shape index (κ2) is 10.9. The van der Waals surface area contributed by atoms with Crippen molar-refractivity contribution in [1.82, 2.24) is 4.98 Å². The lowest BCUT2D eigenvalue weighted by atomic mass is 9.96. The summed E-state index contributed by atoms with van der Waals surface area (Å²) in [4.78, 5) is 20.7. The maximum absolute atomic E-state index is 15.2. The monoisotopic (exact) mass is 532 g/mol. The minimum atomic E-state index is -0.978. The van der Waals surface area contributed by atoms with Gasteiger partial charge in [-0.15, -0.1) is 0 Å². The Balaban J connectivity index is 1.43. The second-order valence-corrected chi connectivity index (χ2v) is 9.98. The van der Waals surface area contributed by atoms with Gasteiger partial charge in [0.15, 0.2) is 23.1 Å². The zero-order valence-electron chi connectivity index (χ0n) is 22.2. The molecule has 2 amide bonds. The molecule has 5 rings (SSSR count). The number of urea groups is 1. The van der Waals surface area contributed by atoms with Gasteiger partial charge in [0.05, 0.1) is 38.2 Å². The Morgan fingerprint density at radius 1 is 1.08 bits per heavy atom. The van der Waals surface area contributed by atoms with E-state index in [0.29, 0.717) is 29.4 Å². The lowest BCUT2D eigenvalue weighted by Gasteiger charge is -2.37. The molecule has 2 aromatic carbocycles. The van der Waals surface area contributed by atoms with Gasteiger partial charge in [-0.3, -0.25) is 14.8 Å². The van der Waals surface area contributed by atoms with Crippen LogP contribution in [0.15, 0.2) is 42.6 Å². The topological polar surface area (TPSA) is 78.7 Å². The molecule has 1 aliphatic carbocycles. The average molecular weight is 533 g/mol. The molecule has 3 aromatic rings. The average Bonchev–Trinajstić information content (AvgIpc) is 3.41. The maximum Gasteiger partial charge on any atom is 0.329 e. The number of rotatable bonds is 7. The van der Waals surface area contributed by atoms with Crippen LogP contribution in [0.1, 0.15) is 37.3 Å². The minimum Gasteiger partial charge on any atom is -0.493 e. The summed E-state index contributed by atoms with van der Waals surface area (Å²) in [6.45, 7) is 2.03. The molecule has 0 saturated heterocycles. The van der Waals surface area contributed by atoms with Crippen LogP contribution in [0.4, 0.5) is 25.0 Å². The summed E-state index contributed by atoms with van der Waals surface area (Å²) in [6.07, 6.45) is 5.62. The zero-order chi connectivity index (χ0) is 27.7. The molecule has 0 bridgehead atoms. The second-order valence-electron chi connectivity index (χ2n) is 9.98. The lowest BCUT2D eigenvalue weighted by molar-refractivity contribution is 0.249. The third-order valence-electron chi connectivity index (χ3n) is 7.68. The molecule has 7 nitrogen and oxygen atoms in total. The van der Waals surface area contributed by atoms with Gasteiger partial charge >= 0.3 is 6.03 Å². The number of hydrogen-bond donors (Lipinski definition) is 0. The van der Waals surface area contributed by atoms with Crippen LogP contribution in [0.5, 0.6) is 11.5 Å². The number of methoxy groups -OCH3 is 2. The van der Waals surface area contributed by atoms with Crippen LogP contribution in [0.2, 0.25) is 0 Å². The van der Waals surface area contributed by atoms with E-state index in [1.807, 2.05) is 18.2 Å². The molecule has 1 unspecified atom stereocenters. The first kappa shape index (κ1) is 26.4. The molecule has 1 aromatic heterocycles. The van der Waals surface area contributed by atoms with E-state index in [4.69, 9.17) is 14.7 Å². The van der Waals surface area contributed by atoms with E-state index in [0.717, 1.165) is 42.2 Å². The van der Waals surface area contributed by atoms with Gasteiger partial charge in [-0.25, -0.2) is 13.6 Å². The van der Waals surface area contributed by atoms with Crippen molar-refractivity contribution in [2.45, 2.75) is 39.2 Å². The first-order valence-corrected chi connectivity index (χ1v) is 13.0. The number of nitrogens with zero attached hydrogens (tertiary/aromatic N) is 4. The van der Waals surface area contributed by atoms with Gasteiger partial charge in [0.2, 0.25) is 0 Å². The quantitative estimate of drug-likeness (QED) is 0.347. The van der Waals surface area contributed by atoms with Crippen molar-refractivity contribution in [1.29, 1.82) is 5.26 Å². The summed E-state index contributed by atoms with van der Waals surface area (Å²) in [5, 5.41) is 9.16. The Morgan fingerprint density at radius 2 is 1.77 bits per heavy atom. The number of amides is 2. The SMILES string of the molecule is CCN1C(=O)N(c2c(F)c(OC)cc(OC)c2F)Cc2cnc(-c3ccc(CC4CC[C@H](C#N)C4)cc3)cc21. The molecule has 0 radical (unpaired) electrons. The Kier molecular flexibility index (Phi) is 7.38. The van der Waals surface area contributed by atoms with E-state index in [2.05, 4.69) is 23.2 Å². The van der Waals surface area contributed by atoms with Crippen molar-refractivity contribution in [3.8, 4) is 28.8 Å². The van der Waals surface area contributed by atoms with Gasteiger partial charge in [-0.2, -0.15) is 5.26 Å². The van der Waals surface area contributed by atoms with Crippen molar-refractivity contribution in [3.05, 3.63) is 65.4 Å². The van der Waals surface area contributed by atoms with E-state index in [1.165, 1.54) is 24.7 Å². The lowest BCUT2D eigenvalue weighted by Crippen LogP contribution is -2.48. The summed E-state index contributed by atoms with van der Waals surface area (Å²) in [6, 6.07) is 13.0. The number of aromatic nitrogens is 1. The molecule has 1 fully saturated rings. The van der Waals surface area contributed by atoms with Crippen molar-refractivity contribution in [3.63, 3.8) is 0 Å². The first-order chi connectivity index (χ1) is 18.9. The van der Waals surface area contributed by atoms with Crippen LogP contribution >= 0.6 is 0 Å². The van der Waals surface area contributed by atoms with Crippen LogP contribution in [0, 0.1) is 34.8 Å². The molecule has 2 heterocycles. The standard InChI is InChI=1S/C30H30F2N4O3/c1-4-35-24-13-23(21-9-7-18(8-10-21)11-19-5-6-20(12-19)15-33)34-16-22(24)17-36(30(35)37)29-27(31)25(38-2)14-26(39-3)28(29)32/h7-10,13-14,16,19-20H,4-6,11-12,17H2,1-3H3/t19?,20-/m0/s1. The van der Waals surface area contributed by atoms with E-state index in [1.54, 1.807) is 13.1 Å². The number of benzene rings is 2. The fraction of sp³-hybridized carbons (Fsp3) is 0.367. The number of halogens is 2. The normalized spacial score (nSPS) is 18.6. The van der Waals surface area contributed by atoms with Gasteiger partial charge in [-0.05, 0) is 50.2 Å². The molecule has 2 atom stereocenters. The van der Waals surface area contributed by atoms with E-state index in [9.17, 15) is 4.79 Å². The number of fused-ring (bicyclic) bond motifs is 1. The van der Waals surface area contributed by atoms with Crippen LogP contribution in [-0.2, 0) is 13.0 Å². The van der Waals surface area contributed by atoms with E-state index < -0.39 is 23.4 Å². The highest BCUT2D eigenvalue weighted by Gasteiger charge is 2.36. The Bertz CT molecular complexity index is 1410. The van der Waals surface area contributed by atoms with Crippen molar-refractivity contribution >= 4 is 17.4 Å². The van der Waals surface area contributed by atoms with Crippen LogP contribution in [-0.4, -0.2) is 31.8 Å². The third-order valence-corrected chi connectivity index (χ3v) is 7.68. The Morgan fingerprint density at radius 3 is 2.36 bits per heavy atom. The highest BCUT2D eigenvalue weighted by atomic mass is 19.1. The molecule has 2 aliphatic rings. The molecule has 1 saturated carbocycles. The number of pyridine rings is 1. The number of nitriles is 1. The molecular formula is C30H30F2N4O3. The summed E-state index contributed by atoms with van der Waals surface area (Å²) in [7, 11) is 2.53. The Hall–Kier alpha value is -4.19. The van der Waals surface area contributed by atoms with Crippen molar-refractivity contribution in [2.75, 3.05) is 30.6 Å². The summed E-state index contributed by atoms with van der Waals surface area (Å²) >= 11 is 0. The van der Waals surface area contributed by atoms with Crippen LogP contribution in [0.25, 0.3) is 11.3 Å². The molecule has 0 spiro atoms. The van der Waals surface area contributed by atoms with Gasteiger partial charge in [0, 0.05) is 35.9 Å². The Labute approximate surface area is 226 Å². The van der Waals surface area contributed by atoms with E-state index in [-0.39, 0.29) is 24.0 Å². The third kappa shape index (κ3) is 4.87. The number of carbonyl (C=O) groups is 1. The van der Waals surface area contributed by atoms with Gasteiger partial charge in [0.25, 0.3) is 0 Å². The molecule has 202 valence electrons. The first-order valence-electron chi connectivity index (χ1n) is 13.0. The predicted octanol–water partition coefficient (Wildman–Crippen LogP) is 6.49. The highest BCUT2D eigenvalue weighted by molar-refractivity contribution is 6.06. The number of hydrogen-bond acceptors (Lipinski definition) is 5. The largest absolute Gasteiger partial charge is 0.493 e. The predicted molar refractivity (Wildman–Crippen MR) is 144 cm³/mol. The van der Waals surface area contributed by atoms with Gasteiger partial charge in [-0.1, -0.05) is 24.3 Å². The fourth-order valence-electron chi connectivity index (χ4n) is 5.60. The van der Waals surface area contributed by atoms with Crippen LogP contribution in [0.3, 0.4) is 0 Å². The fourth-order valence-corrected chi connectivity index (χ4v) is 5.60. The van der Waals surface area contributed by atoms with Crippen molar-refractivity contribution < 1.29 is 23.0 Å². The number of carbonyl (C=O) groups excluding carboxylic acids is 1.